The van der Waals surface area contributed by atoms with Crippen molar-refractivity contribution < 1.29 is 0 Å². The maximum atomic E-state index is 6.29. The summed E-state index contributed by atoms with van der Waals surface area (Å²) in [6.45, 7) is 13.3. The number of nitrogens with two attached hydrogens (primary N) is 1. The molecule has 1 aromatic rings. The number of hydrogen-bond donors (Lipinski definition) is 1. The van der Waals surface area contributed by atoms with Crippen molar-refractivity contribution in [1.82, 2.24) is 4.90 Å². The lowest BCUT2D eigenvalue weighted by Crippen LogP contribution is -2.41. The lowest BCUT2D eigenvalue weighted by Gasteiger charge is -2.36. The Morgan fingerprint density at radius 3 is 2.26 bits per heavy atom. The Bertz CT molecular complexity index is 373. The van der Waals surface area contributed by atoms with Crippen molar-refractivity contribution in [3.8, 4) is 0 Å². The number of benzene rings is 1. The van der Waals surface area contributed by atoms with E-state index in [1.807, 2.05) is 0 Å². The fourth-order valence-electron chi connectivity index (χ4n) is 2.70. The summed E-state index contributed by atoms with van der Waals surface area (Å²) in [7, 11) is 0. The molecule has 1 aromatic carbocycles. The minimum Gasteiger partial charge on any atom is -0.326 e. The summed E-state index contributed by atoms with van der Waals surface area (Å²) in [6.07, 6.45) is 1.22. The van der Waals surface area contributed by atoms with Crippen LogP contribution in [0.1, 0.15) is 51.3 Å². The molecule has 0 bridgehead atoms. The van der Waals surface area contributed by atoms with Crippen LogP contribution in [-0.4, -0.2) is 24.0 Å². The smallest absolute Gasteiger partial charge is 0.0499 e. The molecule has 0 fully saturated rings. The molecule has 108 valence electrons. The number of likely N-dealkylation sites (N-methyl/N-ethyl adjacent to an activating group) is 1. The normalized spacial score (nSPS) is 16.4. The molecule has 2 nitrogen and oxygen atoms in total. The zero-order valence-electron chi connectivity index (χ0n) is 13.2. The molecule has 2 N–H and O–H groups in total. The van der Waals surface area contributed by atoms with E-state index in [-0.39, 0.29) is 6.04 Å². The van der Waals surface area contributed by atoms with Crippen molar-refractivity contribution in [2.45, 2.75) is 53.1 Å². The monoisotopic (exact) mass is 262 g/mol. The van der Waals surface area contributed by atoms with Crippen molar-refractivity contribution in [3.63, 3.8) is 0 Å². The van der Waals surface area contributed by atoms with Crippen LogP contribution in [0.25, 0.3) is 0 Å². The van der Waals surface area contributed by atoms with Crippen LogP contribution in [0.5, 0.6) is 0 Å². The Morgan fingerprint density at radius 1 is 1.16 bits per heavy atom. The van der Waals surface area contributed by atoms with Gasteiger partial charge in [0, 0.05) is 18.6 Å². The van der Waals surface area contributed by atoms with Gasteiger partial charge in [-0.2, -0.15) is 0 Å². The number of nitrogens with zero attached hydrogens (tertiary/aromatic N) is 1. The summed E-state index contributed by atoms with van der Waals surface area (Å²) in [5.74, 6) is 0.713. The van der Waals surface area contributed by atoms with Crippen molar-refractivity contribution >= 4 is 0 Å². The highest BCUT2D eigenvalue weighted by atomic mass is 15.2. The fourth-order valence-corrected chi connectivity index (χ4v) is 2.70. The minimum atomic E-state index is 0.144. The van der Waals surface area contributed by atoms with Crippen LogP contribution in [0.4, 0.5) is 0 Å². The van der Waals surface area contributed by atoms with Crippen LogP contribution in [0.3, 0.4) is 0 Å². The molecule has 0 radical (unpaired) electrons. The molecule has 2 heteroatoms. The van der Waals surface area contributed by atoms with Crippen LogP contribution < -0.4 is 5.73 Å². The third-order valence-corrected chi connectivity index (χ3v) is 4.05. The second-order valence-corrected chi connectivity index (χ2v) is 5.76. The molecule has 1 rings (SSSR count). The first-order valence-electron chi connectivity index (χ1n) is 7.56. The molecule has 3 unspecified atom stereocenters. The Labute approximate surface area is 119 Å². The molecule has 0 aliphatic heterocycles. The fraction of sp³-hybridized carbons (Fsp3) is 0.647. The first-order valence-corrected chi connectivity index (χ1v) is 7.56. The molecule has 0 amide bonds. The second-order valence-electron chi connectivity index (χ2n) is 5.76. The van der Waals surface area contributed by atoms with E-state index in [4.69, 9.17) is 5.73 Å². The minimum absolute atomic E-state index is 0.144. The van der Waals surface area contributed by atoms with E-state index >= 15 is 0 Å². The van der Waals surface area contributed by atoms with E-state index in [1.54, 1.807) is 0 Å². The molecule has 0 aliphatic carbocycles. The predicted octanol–water partition coefficient (Wildman–Crippen LogP) is 3.75. The van der Waals surface area contributed by atoms with Crippen molar-refractivity contribution in [2.24, 2.45) is 11.7 Å². The lowest BCUT2D eigenvalue weighted by atomic mass is 9.94. The SMILES string of the molecule is CCC(C)CN(CC)C(c1ccccc1C)C(C)N. The van der Waals surface area contributed by atoms with Gasteiger partial charge in [0.05, 0.1) is 0 Å². The average Bonchev–Trinajstić information content (AvgIpc) is 2.39. The molecule has 0 spiro atoms. The summed E-state index contributed by atoms with van der Waals surface area (Å²) in [6, 6.07) is 9.09. The largest absolute Gasteiger partial charge is 0.326 e. The highest BCUT2D eigenvalue weighted by molar-refractivity contribution is 5.29. The van der Waals surface area contributed by atoms with Crippen LogP contribution in [-0.2, 0) is 0 Å². The molecule has 0 aliphatic rings. The topological polar surface area (TPSA) is 29.3 Å². The van der Waals surface area contributed by atoms with Gasteiger partial charge in [0.1, 0.15) is 0 Å². The molecule has 19 heavy (non-hydrogen) atoms. The van der Waals surface area contributed by atoms with Gasteiger partial charge in [-0.1, -0.05) is 51.5 Å². The molecule has 0 heterocycles. The molecule has 3 atom stereocenters. The van der Waals surface area contributed by atoms with Gasteiger partial charge in [-0.25, -0.2) is 0 Å². The van der Waals surface area contributed by atoms with Crippen LogP contribution >= 0.6 is 0 Å². The van der Waals surface area contributed by atoms with Gasteiger partial charge >= 0.3 is 0 Å². The molecular weight excluding hydrogens is 232 g/mol. The van der Waals surface area contributed by atoms with Gasteiger partial charge in [0.2, 0.25) is 0 Å². The second kappa shape index (κ2) is 7.66. The summed E-state index contributed by atoms with van der Waals surface area (Å²) < 4.78 is 0. The maximum absolute atomic E-state index is 6.29. The van der Waals surface area contributed by atoms with E-state index in [9.17, 15) is 0 Å². The van der Waals surface area contributed by atoms with Gasteiger partial charge in [-0.05, 0) is 37.4 Å². The average molecular weight is 262 g/mol. The van der Waals surface area contributed by atoms with Crippen molar-refractivity contribution in [1.29, 1.82) is 0 Å². The first-order chi connectivity index (χ1) is 9.01. The summed E-state index contributed by atoms with van der Waals surface area (Å²) >= 11 is 0. The van der Waals surface area contributed by atoms with Gasteiger partial charge in [0.15, 0.2) is 0 Å². The van der Waals surface area contributed by atoms with Crippen LogP contribution in [0.2, 0.25) is 0 Å². The third kappa shape index (κ3) is 4.32. The maximum Gasteiger partial charge on any atom is 0.0499 e. The molecular formula is C17H30N2. The van der Waals surface area contributed by atoms with Gasteiger partial charge in [-0.15, -0.1) is 0 Å². The quantitative estimate of drug-likeness (QED) is 0.811. The predicted molar refractivity (Wildman–Crippen MR) is 84.3 cm³/mol. The van der Waals surface area contributed by atoms with E-state index < -0.39 is 0 Å². The van der Waals surface area contributed by atoms with E-state index in [0.29, 0.717) is 12.0 Å². The Hall–Kier alpha value is -0.860. The molecule has 0 aromatic heterocycles. The van der Waals surface area contributed by atoms with Crippen LogP contribution in [0.15, 0.2) is 24.3 Å². The van der Waals surface area contributed by atoms with Crippen molar-refractivity contribution in [3.05, 3.63) is 35.4 Å². The number of aryl methyl sites for hydroxylation is 1. The third-order valence-electron chi connectivity index (χ3n) is 4.05. The number of rotatable bonds is 7. The molecule has 0 saturated carbocycles. The van der Waals surface area contributed by atoms with Crippen LogP contribution in [0, 0.1) is 12.8 Å². The van der Waals surface area contributed by atoms with Crippen molar-refractivity contribution in [2.75, 3.05) is 13.1 Å². The van der Waals surface area contributed by atoms with Gasteiger partial charge < -0.3 is 5.73 Å². The summed E-state index contributed by atoms with van der Waals surface area (Å²) in [5, 5.41) is 0. The Morgan fingerprint density at radius 2 is 1.79 bits per heavy atom. The van der Waals surface area contributed by atoms with E-state index in [0.717, 1.165) is 13.1 Å². The van der Waals surface area contributed by atoms with Gasteiger partial charge in [-0.3, -0.25) is 4.90 Å². The van der Waals surface area contributed by atoms with E-state index in [1.165, 1.54) is 17.5 Å². The lowest BCUT2D eigenvalue weighted by molar-refractivity contribution is 0.159. The summed E-state index contributed by atoms with van der Waals surface area (Å²) in [5.41, 5.74) is 9.01. The number of hydrogen-bond acceptors (Lipinski definition) is 2. The Balaban J connectivity index is 3.02. The standard InChI is InChI=1S/C17H30N2/c1-6-13(3)12-19(7-2)17(15(5)18)16-11-9-8-10-14(16)4/h8-11,13,15,17H,6-7,12,18H2,1-5H3. The summed E-state index contributed by atoms with van der Waals surface area (Å²) in [4.78, 5) is 2.53. The zero-order chi connectivity index (χ0) is 14.4. The highest BCUT2D eigenvalue weighted by Gasteiger charge is 2.24. The Kier molecular flexibility index (Phi) is 6.53. The highest BCUT2D eigenvalue weighted by Crippen LogP contribution is 2.27. The zero-order valence-corrected chi connectivity index (χ0v) is 13.2. The van der Waals surface area contributed by atoms with E-state index in [2.05, 4.69) is 63.8 Å². The molecule has 0 saturated heterocycles. The van der Waals surface area contributed by atoms with Gasteiger partial charge in [0.25, 0.3) is 0 Å². The first kappa shape index (κ1) is 16.2.